The topological polar surface area (TPSA) is 67.8 Å². The average Bonchev–Trinajstić information content (AvgIpc) is 3.22. The quantitative estimate of drug-likeness (QED) is 0.634. The van der Waals surface area contributed by atoms with Gasteiger partial charge >= 0.3 is 5.97 Å². The molecule has 0 aromatic rings. The van der Waals surface area contributed by atoms with Crippen molar-refractivity contribution in [1.82, 2.24) is 5.32 Å². The van der Waals surface area contributed by atoms with Gasteiger partial charge in [-0.15, -0.1) is 0 Å². The zero-order valence-electron chi connectivity index (χ0n) is 12.4. The Morgan fingerprint density at radius 1 is 1.30 bits per heavy atom. The summed E-state index contributed by atoms with van der Waals surface area (Å²) in [7, 11) is 0. The van der Waals surface area contributed by atoms with Gasteiger partial charge in [0.2, 0.25) is 0 Å². The third kappa shape index (κ3) is 4.43. The van der Waals surface area contributed by atoms with Crippen LogP contribution in [0.1, 0.15) is 51.9 Å². The highest BCUT2D eigenvalue weighted by molar-refractivity contribution is 5.79. The van der Waals surface area contributed by atoms with Gasteiger partial charge in [-0.3, -0.25) is 10.1 Å². The summed E-state index contributed by atoms with van der Waals surface area (Å²) in [6.45, 7) is 3.99. The molecule has 116 valence electrons. The molecule has 2 fully saturated rings. The summed E-state index contributed by atoms with van der Waals surface area (Å²) in [6, 6.07) is 0.401. The van der Waals surface area contributed by atoms with E-state index >= 15 is 0 Å². The van der Waals surface area contributed by atoms with E-state index in [9.17, 15) is 9.90 Å². The second-order valence-corrected chi connectivity index (χ2v) is 6.01. The SMILES string of the molecule is CCCOCCOC1CCCC(NC2CC2)(C(=O)O)C1. The molecule has 2 saturated carbocycles. The van der Waals surface area contributed by atoms with E-state index in [1.165, 1.54) is 0 Å². The van der Waals surface area contributed by atoms with Crippen LogP contribution >= 0.6 is 0 Å². The monoisotopic (exact) mass is 285 g/mol. The molecule has 5 nitrogen and oxygen atoms in total. The van der Waals surface area contributed by atoms with E-state index in [2.05, 4.69) is 12.2 Å². The summed E-state index contributed by atoms with van der Waals surface area (Å²) in [5.74, 6) is -0.722. The lowest BCUT2D eigenvalue weighted by atomic mass is 9.80. The highest BCUT2D eigenvalue weighted by atomic mass is 16.5. The first kappa shape index (κ1) is 15.7. The van der Waals surface area contributed by atoms with E-state index in [1.54, 1.807) is 0 Å². The van der Waals surface area contributed by atoms with Gasteiger partial charge in [-0.05, 0) is 38.5 Å². The molecule has 2 aliphatic carbocycles. The van der Waals surface area contributed by atoms with E-state index in [1.807, 2.05) is 0 Å². The second kappa shape index (κ2) is 7.38. The summed E-state index contributed by atoms with van der Waals surface area (Å²) >= 11 is 0. The van der Waals surface area contributed by atoms with Crippen molar-refractivity contribution in [2.45, 2.75) is 69.6 Å². The number of aliphatic carboxylic acids is 1. The van der Waals surface area contributed by atoms with Crippen LogP contribution in [0.3, 0.4) is 0 Å². The number of carboxylic acid groups (broad SMARTS) is 1. The van der Waals surface area contributed by atoms with E-state index in [4.69, 9.17) is 9.47 Å². The number of hydrogen-bond acceptors (Lipinski definition) is 4. The van der Waals surface area contributed by atoms with Crippen LogP contribution in [-0.2, 0) is 14.3 Å². The van der Waals surface area contributed by atoms with Gasteiger partial charge in [-0.2, -0.15) is 0 Å². The van der Waals surface area contributed by atoms with Gasteiger partial charge in [0, 0.05) is 19.1 Å². The number of nitrogens with one attached hydrogen (secondary N) is 1. The van der Waals surface area contributed by atoms with Crippen LogP contribution in [0, 0.1) is 0 Å². The zero-order valence-corrected chi connectivity index (χ0v) is 12.4. The highest BCUT2D eigenvalue weighted by Gasteiger charge is 2.46. The largest absolute Gasteiger partial charge is 0.480 e. The van der Waals surface area contributed by atoms with Crippen molar-refractivity contribution in [3.05, 3.63) is 0 Å². The molecule has 0 aromatic heterocycles. The normalized spacial score (nSPS) is 30.4. The number of rotatable bonds is 9. The third-order valence-corrected chi connectivity index (χ3v) is 4.10. The number of carboxylic acids is 1. The van der Waals surface area contributed by atoms with Crippen LogP contribution < -0.4 is 5.32 Å². The molecule has 2 atom stereocenters. The molecular weight excluding hydrogens is 258 g/mol. The van der Waals surface area contributed by atoms with Crippen molar-refractivity contribution in [2.75, 3.05) is 19.8 Å². The van der Waals surface area contributed by atoms with Crippen LogP contribution in [0.4, 0.5) is 0 Å². The minimum atomic E-state index is -0.769. The number of hydrogen-bond donors (Lipinski definition) is 2. The Hall–Kier alpha value is -0.650. The van der Waals surface area contributed by atoms with Gasteiger partial charge in [0.15, 0.2) is 0 Å². The molecule has 0 amide bonds. The molecule has 20 heavy (non-hydrogen) atoms. The molecule has 0 aromatic carbocycles. The predicted molar refractivity (Wildman–Crippen MR) is 75.8 cm³/mol. The molecule has 0 saturated heterocycles. The summed E-state index contributed by atoms with van der Waals surface area (Å²) < 4.78 is 11.2. The molecule has 2 rings (SSSR count). The first-order chi connectivity index (χ1) is 9.66. The van der Waals surface area contributed by atoms with Gasteiger partial charge < -0.3 is 14.6 Å². The van der Waals surface area contributed by atoms with Gasteiger partial charge in [0.25, 0.3) is 0 Å². The summed E-state index contributed by atoms with van der Waals surface area (Å²) in [5, 5.41) is 12.9. The smallest absolute Gasteiger partial charge is 0.324 e. The first-order valence-corrected chi connectivity index (χ1v) is 7.87. The van der Waals surface area contributed by atoms with E-state index in [0.717, 1.165) is 38.7 Å². The molecule has 0 heterocycles. The molecule has 0 aliphatic heterocycles. The molecule has 2 N–H and O–H groups in total. The Morgan fingerprint density at radius 2 is 2.10 bits per heavy atom. The summed E-state index contributed by atoms with van der Waals surface area (Å²) in [6.07, 6.45) is 6.41. The molecule has 0 bridgehead atoms. The van der Waals surface area contributed by atoms with Crippen LogP contribution in [0.2, 0.25) is 0 Å². The second-order valence-electron chi connectivity index (χ2n) is 6.01. The number of ether oxygens (including phenoxy) is 2. The maximum Gasteiger partial charge on any atom is 0.324 e. The minimum Gasteiger partial charge on any atom is -0.480 e. The van der Waals surface area contributed by atoms with E-state index in [-0.39, 0.29) is 6.10 Å². The third-order valence-electron chi connectivity index (χ3n) is 4.10. The predicted octanol–water partition coefficient (Wildman–Crippen LogP) is 1.95. The van der Waals surface area contributed by atoms with Crippen LogP contribution in [0.5, 0.6) is 0 Å². The molecule has 2 aliphatic rings. The minimum absolute atomic E-state index is 0.0383. The maximum atomic E-state index is 11.7. The molecule has 5 heteroatoms. The Morgan fingerprint density at radius 3 is 2.75 bits per heavy atom. The van der Waals surface area contributed by atoms with Crippen molar-refractivity contribution in [2.24, 2.45) is 0 Å². The van der Waals surface area contributed by atoms with Crippen molar-refractivity contribution in [3.8, 4) is 0 Å². The van der Waals surface area contributed by atoms with Gasteiger partial charge in [0.05, 0.1) is 19.3 Å². The van der Waals surface area contributed by atoms with Gasteiger partial charge in [-0.1, -0.05) is 6.92 Å². The Bertz CT molecular complexity index is 319. The average molecular weight is 285 g/mol. The zero-order chi connectivity index (χ0) is 14.4. The summed E-state index contributed by atoms with van der Waals surface area (Å²) in [4.78, 5) is 11.7. The Kier molecular flexibility index (Phi) is 5.81. The Balaban J connectivity index is 1.78. The van der Waals surface area contributed by atoms with Crippen LogP contribution in [0.15, 0.2) is 0 Å². The fraction of sp³-hybridized carbons (Fsp3) is 0.933. The highest BCUT2D eigenvalue weighted by Crippen LogP contribution is 2.34. The van der Waals surface area contributed by atoms with Crippen molar-refractivity contribution < 1.29 is 19.4 Å². The van der Waals surface area contributed by atoms with Crippen molar-refractivity contribution in [1.29, 1.82) is 0 Å². The first-order valence-electron chi connectivity index (χ1n) is 7.87. The Labute approximate surface area is 121 Å². The fourth-order valence-corrected chi connectivity index (χ4v) is 2.89. The van der Waals surface area contributed by atoms with E-state index < -0.39 is 11.5 Å². The van der Waals surface area contributed by atoms with Crippen LogP contribution in [-0.4, -0.2) is 48.6 Å². The lowest BCUT2D eigenvalue weighted by Gasteiger charge is -2.38. The number of carbonyl (C=O) groups is 1. The standard InChI is InChI=1S/C15H27NO4/c1-2-8-19-9-10-20-13-4-3-7-15(11-13,14(17)18)16-12-5-6-12/h12-13,16H,2-11H2,1H3,(H,17,18). The summed E-state index contributed by atoms with van der Waals surface area (Å²) in [5.41, 5.74) is -0.769. The van der Waals surface area contributed by atoms with E-state index in [0.29, 0.717) is 32.1 Å². The van der Waals surface area contributed by atoms with Crippen molar-refractivity contribution in [3.63, 3.8) is 0 Å². The molecular formula is C15H27NO4. The van der Waals surface area contributed by atoms with Gasteiger partial charge in [0.1, 0.15) is 5.54 Å². The lowest BCUT2D eigenvalue weighted by molar-refractivity contribution is -0.149. The molecule has 0 radical (unpaired) electrons. The maximum absolute atomic E-state index is 11.7. The van der Waals surface area contributed by atoms with Crippen molar-refractivity contribution >= 4 is 5.97 Å². The van der Waals surface area contributed by atoms with Crippen LogP contribution in [0.25, 0.3) is 0 Å². The van der Waals surface area contributed by atoms with Gasteiger partial charge in [-0.25, -0.2) is 0 Å². The lowest BCUT2D eigenvalue weighted by Crippen LogP contribution is -2.57. The molecule has 0 spiro atoms. The fourth-order valence-electron chi connectivity index (χ4n) is 2.89. The molecule has 2 unspecified atom stereocenters.